The average Bonchev–Trinajstić information content (AvgIpc) is 2.56. The molecule has 0 saturated heterocycles. The molecule has 116 valence electrons. The van der Waals surface area contributed by atoms with Crippen molar-refractivity contribution in [2.24, 2.45) is 5.10 Å². The fourth-order valence-electron chi connectivity index (χ4n) is 2.07. The van der Waals surface area contributed by atoms with E-state index in [9.17, 15) is 4.39 Å². The molecule has 0 atom stereocenters. The lowest BCUT2D eigenvalue weighted by atomic mass is 10.1. The number of nitrogens with one attached hydrogen (secondary N) is 1. The van der Waals surface area contributed by atoms with E-state index >= 15 is 0 Å². The number of hydrogen-bond acceptors (Lipinski definition) is 4. The van der Waals surface area contributed by atoms with E-state index in [0.29, 0.717) is 16.4 Å². The highest BCUT2D eigenvalue weighted by Gasteiger charge is 2.04. The molecule has 0 spiro atoms. The number of anilines is 1. The van der Waals surface area contributed by atoms with Gasteiger partial charge < -0.3 is 4.74 Å². The molecule has 0 fully saturated rings. The normalized spacial score (nSPS) is 11.1. The summed E-state index contributed by atoms with van der Waals surface area (Å²) in [5.74, 6) is 0.448. The third kappa shape index (κ3) is 3.57. The third-order valence-corrected chi connectivity index (χ3v) is 3.55. The summed E-state index contributed by atoms with van der Waals surface area (Å²) in [6.07, 6.45) is 1.57. The number of fused-ring (bicyclic) bond motifs is 1. The Hall–Kier alpha value is -2.66. The van der Waals surface area contributed by atoms with E-state index in [1.165, 1.54) is 12.1 Å². The number of methoxy groups -OCH3 is 1. The van der Waals surface area contributed by atoms with E-state index in [0.717, 1.165) is 16.7 Å². The largest absolute Gasteiger partial charge is 0.497 e. The third-order valence-electron chi connectivity index (χ3n) is 3.24. The lowest BCUT2D eigenvalue weighted by Crippen LogP contribution is -1.94. The Bertz CT molecular complexity index is 866. The second-order valence-electron chi connectivity index (χ2n) is 4.80. The molecule has 0 aliphatic heterocycles. The number of rotatable bonds is 4. The molecule has 4 nitrogen and oxygen atoms in total. The highest BCUT2D eigenvalue weighted by atomic mass is 35.5. The van der Waals surface area contributed by atoms with Crippen molar-refractivity contribution in [3.63, 3.8) is 0 Å². The van der Waals surface area contributed by atoms with Gasteiger partial charge in [-0.3, -0.25) is 5.43 Å². The molecule has 0 saturated carbocycles. The first kappa shape index (κ1) is 15.2. The van der Waals surface area contributed by atoms with Crippen molar-refractivity contribution in [3.8, 4) is 5.75 Å². The predicted molar refractivity (Wildman–Crippen MR) is 90.9 cm³/mol. The van der Waals surface area contributed by atoms with Crippen LogP contribution in [-0.4, -0.2) is 18.3 Å². The molecule has 1 N–H and O–H groups in total. The van der Waals surface area contributed by atoms with Gasteiger partial charge in [0.2, 0.25) is 0 Å². The predicted octanol–water partition coefficient (Wildman–Crippen LogP) is 4.48. The molecule has 1 heterocycles. The number of hydrogen-bond donors (Lipinski definition) is 1. The molecule has 0 aliphatic carbocycles. The first-order chi connectivity index (χ1) is 11.2. The van der Waals surface area contributed by atoms with Crippen LogP contribution in [0.5, 0.6) is 5.75 Å². The van der Waals surface area contributed by atoms with Gasteiger partial charge in [-0.25, -0.2) is 9.37 Å². The van der Waals surface area contributed by atoms with E-state index < -0.39 is 0 Å². The van der Waals surface area contributed by atoms with Crippen LogP contribution in [-0.2, 0) is 0 Å². The molecule has 6 heteroatoms. The zero-order valence-corrected chi connectivity index (χ0v) is 13.0. The summed E-state index contributed by atoms with van der Waals surface area (Å²) >= 11 is 6.17. The average molecular weight is 330 g/mol. The Balaban J connectivity index is 1.85. The van der Waals surface area contributed by atoms with E-state index in [4.69, 9.17) is 16.3 Å². The van der Waals surface area contributed by atoms with Crippen molar-refractivity contribution in [1.29, 1.82) is 0 Å². The van der Waals surface area contributed by atoms with Gasteiger partial charge in [0.25, 0.3) is 0 Å². The second kappa shape index (κ2) is 6.62. The van der Waals surface area contributed by atoms with Crippen molar-refractivity contribution in [3.05, 3.63) is 65.1 Å². The molecular weight excluding hydrogens is 317 g/mol. The van der Waals surface area contributed by atoms with Crippen LogP contribution in [0.1, 0.15) is 5.56 Å². The lowest BCUT2D eigenvalue weighted by molar-refractivity contribution is 0.415. The van der Waals surface area contributed by atoms with Crippen molar-refractivity contribution in [1.82, 2.24) is 4.98 Å². The molecule has 1 aromatic heterocycles. The first-order valence-electron chi connectivity index (χ1n) is 6.84. The van der Waals surface area contributed by atoms with Crippen LogP contribution < -0.4 is 10.2 Å². The summed E-state index contributed by atoms with van der Waals surface area (Å²) in [5, 5.41) is 5.35. The number of hydrazone groups is 1. The highest BCUT2D eigenvalue weighted by Crippen LogP contribution is 2.23. The van der Waals surface area contributed by atoms with Crippen molar-refractivity contribution >= 4 is 34.4 Å². The van der Waals surface area contributed by atoms with Crippen LogP contribution >= 0.6 is 11.6 Å². The van der Waals surface area contributed by atoms with Gasteiger partial charge in [-0.1, -0.05) is 11.6 Å². The van der Waals surface area contributed by atoms with Crippen LogP contribution in [0.2, 0.25) is 5.15 Å². The summed E-state index contributed by atoms with van der Waals surface area (Å²) in [6.45, 7) is 0. The van der Waals surface area contributed by atoms with Crippen LogP contribution in [0, 0.1) is 5.82 Å². The molecule has 0 aliphatic rings. The number of nitrogens with zero attached hydrogens (tertiary/aromatic N) is 2. The molecule has 2 aromatic carbocycles. The van der Waals surface area contributed by atoms with Gasteiger partial charge in [0.05, 0.1) is 24.5 Å². The highest BCUT2D eigenvalue weighted by molar-refractivity contribution is 6.32. The Labute approximate surface area is 137 Å². The number of benzene rings is 2. The summed E-state index contributed by atoms with van der Waals surface area (Å²) in [4.78, 5) is 4.33. The van der Waals surface area contributed by atoms with Crippen molar-refractivity contribution in [2.75, 3.05) is 12.5 Å². The number of aromatic nitrogens is 1. The smallest absolute Gasteiger partial charge is 0.138 e. The molecule has 23 heavy (non-hydrogen) atoms. The number of ether oxygens (including phenoxy) is 1. The number of halogens is 2. The maximum absolute atomic E-state index is 12.8. The molecule has 0 amide bonds. The van der Waals surface area contributed by atoms with Crippen LogP contribution in [0.25, 0.3) is 10.9 Å². The number of pyridine rings is 1. The monoisotopic (exact) mass is 329 g/mol. The summed E-state index contributed by atoms with van der Waals surface area (Å²) < 4.78 is 18.0. The SMILES string of the molecule is COc1ccc2nc(Cl)c(/C=N\Nc3ccc(F)cc3)cc2c1. The van der Waals surface area contributed by atoms with E-state index in [2.05, 4.69) is 15.5 Å². The Morgan fingerprint density at radius 3 is 2.70 bits per heavy atom. The van der Waals surface area contributed by atoms with Crippen LogP contribution in [0.4, 0.5) is 10.1 Å². The van der Waals surface area contributed by atoms with Gasteiger partial charge in [-0.15, -0.1) is 0 Å². The van der Waals surface area contributed by atoms with Crippen LogP contribution in [0.3, 0.4) is 0 Å². The minimum atomic E-state index is -0.296. The topological polar surface area (TPSA) is 46.5 Å². The standard InChI is InChI=1S/C17H13ClFN3O/c1-23-15-6-7-16-11(9-15)8-12(17(18)21-16)10-20-22-14-4-2-13(19)3-5-14/h2-10,22H,1H3/b20-10-. The van der Waals surface area contributed by atoms with E-state index in [1.54, 1.807) is 25.5 Å². The van der Waals surface area contributed by atoms with Gasteiger partial charge in [-0.2, -0.15) is 5.10 Å². The summed E-state index contributed by atoms with van der Waals surface area (Å²) in [6, 6.07) is 13.3. The molecule has 3 rings (SSSR count). The second-order valence-corrected chi connectivity index (χ2v) is 5.16. The van der Waals surface area contributed by atoms with Gasteiger partial charge in [0.15, 0.2) is 0 Å². The van der Waals surface area contributed by atoms with Gasteiger partial charge >= 0.3 is 0 Å². The molecule has 0 radical (unpaired) electrons. The molecular formula is C17H13ClFN3O. The Kier molecular flexibility index (Phi) is 4.39. The Morgan fingerprint density at radius 1 is 1.17 bits per heavy atom. The fourth-order valence-corrected chi connectivity index (χ4v) is 2.26. The Morgan fingerprint density at radius 2 is 1.96 bits per heavy atom. The zero-order chi connectivity index (χ0) is 16.2. The minimum absolute atomic E-state index is 0.296. The maximum atomic E-state index is 12.8. The fraction of sp³-hybridized carbons (Fsp3) is 0.0588. The van der Waals surface area contributed by atoms with Crippen LogP contribution in [0.15, 0.2) is 53.6 Å². The van der Waals surface area contributed by atoms with Gasteiger partial charge in [-0.05, 0) is 48.5 Å². The molecule has 3 aromatic rings. The first-order valence-corrected chi connectivity index (χ1v) is 7.22. The van der Waals surface area contributed by atoms with Crippen molar-refractivity contribution in [2.45, 2.75) is 0 Å². The maximum Gasteiger partial charge on any atom is 0.138 e. The minimum Gasteiger partial charge on any atom is -0.497 e. The lowest BCUT2D eigenvalue weighted by Gasteiger charge is -2.05. The molecule has 0 bridgehead atoms. The summed E-state index contributed by atoms with van der Waals surface area (Å²) in [5.41, 5.74) is 4.93. The summed E-state index contributed by atoms with van der Waals surface area (Å²) in [7, 11) is 1.61. The zero-order valence-electron chi connectivity index (χ0n) is 12.3. The molecule has 0 unspecified atom stereocenters. The van der Waals surface area contributed by atoms with Gasteiger partial charge in [0.1, 0.15) is 16.7 Å². The van der Waals surface area contributed by atoms with E-state index in [-0.39, 0.29) is 5.82 Å². The van der Waals surface area contributed by atoms with Crippen molar-refractivity contribution < 1.29 is 9.13 Å². The van der Waals surface area contributed by atoms with E-state index in [1.807, 2.05) is 24.3 Å². The van der Waals surface area contributed by atoms with Gasteiger partial charge in [0, 0.05) is 10.9 Å². The quantitative estimate of drug-likeness (QED) is 0.436.